The van der Waals surface area contributed by atoms with Gasteiger partial charge < -0.3 is 14.5 Å². The number of nitrogens with zero attached hydrogens (tertiary/aromatic N) is 8. The van der Waals surface area contributed by atoms with Crippen molar-refractivity contribution in [3.8, 4) is 5.82 Å². The highest BCUT2D eigenvalue weighted by molar-refractivity contribution is 5.88. The van der Waals surface area contributed by atoms with Crippen LogP contribution < -0.4 is 0 Å². The molecular weight excluding hydrogens is 436 g/mol. The van der Waals surface area contributed by atoms with Crippen molar-refractivity contribution in [2.75, 3.05) is 39.3 Å². The maximum Gasteiger partial charge on any atom is 0.333 e. The molecule has 2 aliphatic heterocycles. The molecule has 182 valence electrons. The van der Waals surface area contributed by atoms with Crippen LogP contribution in [-0.2, 0) is 16.0 Å². The number of urea groups is 1. The number of aromatic nitrogens is 5. The van der Waals surface area contributed by atoms with E-state index in [0.29, 0.717) is 24.6 Å². The van der Waals surface area contributed by atoms with Crippen LogP contribution in [0, 0.1) is 0 Å². The van der Waals surface area contributed by atoms with E-state index >= 15 is 0 Å². The molecule has 2 aromatic rings. The second kappa shape index (κ2) is 11.2. The zero-order valence-electron chi connectivity index (χ0n) is 19.8. The van der Waals surface area contributed by atoms with Crippen molar-refractivity contribution in [3.05, 3.63) is 42.0 Å². The fourth-order valence-corrected chi connectivity index (χ4v) is 4.47. The number of hydrogen-bond donors (Lipinski definition) is 0. The van der Waals surface area contributed by atoms with Crippen LogP contribution in [0.5, 0.6) is 0 Å². The fourth-order valence-electron chi connectivity index (χ4n) is 4.47. The van der Waals surface area contributed by atoms with E-state index in [1.54, 1.807) is 4.90 Å². The summed E-state index contributed by atoms with van der Waals surface area (Å²) in [4.78, 5) is 35.0. The predicted molar refractivity (Wildman–Crippen MR) is 124 cm³/mol. The van der Waals surface area contributed by atoms with Gasteiger partial charge in [0.05, 0.1) is 11.7 Å². The zero-order valence-corrected chi connectivity index (χ0v) is 19.8. The van der Waals surface area contributed by atoms with Gasteiger partial charge in [-0.3, -0.25) is 4.90 Å². The summed E-state index contributed by atoms with van der Waals surface area (Å²) in [5, 5.41) is 11.1. The maximum atomic E-state index is 13.0. The van der Waals surface area contributed by atoms with Gasteiger partial charge in [-0.15, -0.1) is 5.10 Å². The quantitative estimate of drug-likeness (QED) is 0.433. The topological polar surface area (TPSA) is 110 Å². The molecule has 4 rings (SSSR count). The van der Waals surface area contributed by atoms with E-state index < -0.39 is 0 Å². The molecule has 0 bridgehead atoms. The average molecular weight is 469 g/mol. The van der Waals surface area contributed by atoms with Crippen LogP contribution in [0.15, 0.2) is 36.4 Å². The zero-order chi connectivity index (χ0) is 23.9. The minimum atomic E-state index is -0.369. The van der Waals surface area contributed by atoms with Crippen LogP contribution in [0.4, 0.5) is 4.79 Å². The average Bonchev–Trinajstić information content (AvgIpc) is 3.59. The first-order valence-corrected chi connectivity index (χ1v) is 11.9. The Morgan fingerprint density at radius 3 is 2.71 bits per heavy atom. The predicted octanol–water partition coefficient (Wildman–Crippen LogP) is 1.66. The summed E-state index contributed by atoms with van der Waals surface area (Å²) in [6.07, 6.45) is 8.56. The molecule has 0 N–H and O–H groups in total. The molecule has 0 saturated carbocycles. The Morgan fingerprint density at radius 2 is 2.06 bits per heavy atom. The smallest absolute Gasteiger partial charge is 0.333 e. The molecule has 1 unspecified atom stereocenters. The molecule has 0 radical (unpaired) electrons. The number of amides is 2. The Balaban J connectivity index is 1.26. The normalized spacial score (nSPS) is 18.2. The number of carbonyl (C=O) groups excluding carboxylic acids is 2. The summed E-state index contributed by atoms with van der Waals surface area (Å²) in [6.45, 7) is 8.70. The van der Waals surface area contributed by atoms with Gasteiger partial charge in [0, 0.05) is 31.9 Å². The molecule has 11 heteroatoms. The van der Waals surface area contributed by atoms with Gasteiger partial charge in [0.1, 0.15) is 12.9 Å². The van der Waals surface area contributed by atoms with Crippen molar-refractivity contribution < 1.29 is 14.3 Å². The molecule has 0 spiro atoms. The van der Waals surface area contributed by atoms with E-state index in [1.165, 1.54) is 17.1 Å². The highest BCUT2D eigenvalue weighted by atomic mass is 16.5. The third-order valence-electron chi connectivity index (χ3n) is 6.25. The van der Waals surface area contributed by atoms with E-state index in [9.17, 15) is 9.59 Å². The lowest BCUT2D eigenvalue weighted by atomic mass is 10.2. The molecule has 1 saturated heterocycles. The summed E-state index contributed by atoms with van der Waals surface area (Å²) in [5.41, 5.74) is 1.84. The van der Waals surface area contributed by atoms with E-state index in [0.717, 1.165) is 50.9 Å². The molecule has 0 aliphatic carbocycles. The Kier molecular flexibility index (Phi) is 7.84. The maximum absolute atomic E-state index is 13.0. The molecule has 34 heavy (non-hydrogen) atoms. The van der Waals surface area contributed by atoms with Crippen LogP contribution in [0.2, 0.25) is 0 Å². The lowest BCUT2D eigenvalue weighted by Crippen LogP contribution is -2.36. The van der Waals surface area contributed by atoms with Crippen molar-refractivity contribution in [1.29, 1.82) is 0 Å². The van der Waals surface area contributed by atoms with Gasteiger partial charge in [-0.1, -0.05) is 19.9 Å². The van der Waals surface area contributed by atoms with Gasteiger partial charge in [-0.2, -0.15) is 4.68 Å². The molecule has 11 nitrogen and oxygen atoms in total. The first-order valence-electron chi connectivity index (χ1n) is 11.9. The number of esters is 1. The second-order valence-corrected chi connectivity index (χ2v) is 8.63. The molecule has 4 heterocycles. The highest BCUT2D eigenvalue weighted by Gasteiger charge is 2.39. The Labute approximate surface area is 199 Å². The number of hydrogen-bond acceptors (Lipinski definition) is 8. The standard InChI is InChI=1S/C23H32N8O3/c1-3-9-28(12-8-18-6-7-21(24-14-18)30-17-25-26-27-30)10-5-11-29-15-19(4-2)31(23(29)33)20-13-22(32)34-16-20/h6-7,13-14,17,19H,3-5,8-12,15-16H2,1-2H3. The first kappa shape index (κ1) is 23.8. The molecule has 1 fully saturated rings. The van der Waals surface area contributed by atoms with Crippen LogP contribution >= 0.6 is 0 Å². The molecule has 2 aromatic heterocycles. The van der Waals surface area contributed by atoms with Crippen molar-refractivity contribution in [2.24, 2.45) is 0 Å². The summed E-state index contributed by atoms with van der Waals surface area (Å²) in [5.74, 6) is 0.324. The van der Waals surface area contributed by atoms with Crippen molar-refractivity contribution >= 4 is 12.0 Å². The number of carbonyl (C=O) groups is 2. The van der Waals surface area contributed by atoms with Crippen molar-refractivity contribution in [1.82, 2.24) is 39.9 Å². The third-order valence-corrected chi connectivity index (χ3v) is 6.25. The number of cyclic esters (lactones) is 1. The summed E-state index contributed by atoms with van der Waals surface area (Å²) < 4.78 is 6.55. The Bertz CT molecular complexity index is 992. The minimum absolute atomic E-state index is 0.0211. The number of pyridine rings is 1. The summed E-state index contributed by atoms with van der Waals surface area (Å²) in [6, 6.07) is 4.04. The number of rotatable bonds is 12. The highest BCUT2D eigenvalue weighted by Crippen LogP contribution is 2.26. The number of ether oxygens (including phenoxy) is 1. The first-order chi connectivity index (χ1) is 16.6. The van der Waals surface area contributed by atoms with Gasteiger partial charge >= 0.3 is 12.0 Å². The lowest BCUT2D eigenvalue weighted by Gasteiger charge is -2.24. The minimum Gasteiger partial charge on any atom is -0.456 e. The monoisotopic (exact) mass is 468 g/mol. The molecular formula is C23H32N8O3. The van der Waals surface area contributed by atoms with E-state index in [4.69, 9.17) is 4.74 Å². The van der Waals surface area contributed by atoms with Gasteiger partial charge in [0.15, 0.2) is 5.82 Å². The molecule has 2 aliphatic rings. The van der Waals surface area contributed by atoms with Gasteiger partial charge in [0.2, 0.25) is 0 Å². The van der Waals surface area contributed by atoms with Gasteiger partial charge in [0.25, 0.3) is 0 Å². The van der Waals surface area contributed by atoms with Crippen LogP contribution in [0.1, 0.15) is 38.7 Å². The third kappa shape index (κ3) is 5.58. The van der Waals surface area contributed by atoms with Crippen LogP contribution in [0.25, 0.3) is 5.82 Å². The Hall–Kier alpha value is -3.34. The molecule has 0 aromatic carbocycles. The fraction of sp³-hybridized carbons (Fsp3) is 0.565. The largest absolute Gasteiger partial charge is 0.456 e. The van der Waals surface area contributed by atoms with E-state index in [-0.39, 0.29) is 24.6 Å². The Morgan fingerprint density at radius 1 is 1.18 bits per heavy atom. The van der Waals surface area contributed by atoms with E-state index in [1.807, 2.05) is 17.2 Å². The van der Waals surface area contributed by atoms with Crippen LogP contribution in [0.3, 0.4) is 0 Å². The van der Waals surface area contributed by atoms with Crippen LogP contribution in [-0.4, -0.2) is 97.3 Å². The van der Waals surface area contributed by atoms with Gasteiger partial charge in [-0.25, -0.2) is 14.6 Å². The van der Waals surface area contributed by atoms with Crippen molar-refractivity contribution in [3.63, 3.8) is 0 Å². The molecule has 2 amide bonds. The lowest BCUT2D eigenvalue weighted by molar-refractivity contribution is -0.135. The summed E-state index contributed by atoms with van der Waals surface area (Å²) >= 11 is 0. The second-order valence-electron chi connectivity index (χ2n) is 8.63. The SMILES string of the molecule is CCCN(CCCN1CC(CC)N(C2=CC(=O)OC2)C1=O)CCc1ccc(-n2cnnn2)nc1. The number of tetrazole rings is 1. The van der Waals surface area contributed by atoms with Gasteiger partial charge in [-0.05, 0) is 60.8 Å². The van der Waals surface area contributed by atoms with Crippen molar-refractivity contribution in [2.45, 2.75) is 45.6 Å². The molecule has 1 atom stereocenters. The summed E-state index contributed by atoms with van der Waals surface area (Å²) in [7, 11) is 0. The van der Waals surface area contributed by atoms with E-state index in [2.05, 4.69) is 45.3 Å².